The number of nitrogens with one attached hydrogen (secondary N) is 2. The normalized spacial score (nSPS) is 14.3. The van der Waals surface area contributed by atoms with E-state index in [0.29, 0.717) is 47.1 Å². The van der Waals surface area contributed by atoms with Crippen LogP contribution in [0.25, 0.3) is 0 Å². The number of benzene rings is 1. The van der Waals surface area contributed by atoms with E-state index in [0.717, 1.165) is 80.7 Å². The third kappa shape index (κ3) is 10.0. The van der Waals surface area contributed by atoms with Gasteiger partial charge in [0.2, 0.25) is 0 Å². The number of aryl methyl sites for hydroxylation is 3. The summed E-state index contributed by atoms with van der Waals surface area (Å²) in [5.74, 6) is 3.12. The number of amides is 2. The maximum atomic E-state index is 11.5. The molecular formula is C33H46N8O4. The van der Waals surface area contributed by atoms with Crippen LogP contribution in [0.4, 0.5) is 11.6 Å². The molecule has 12 heteroatoms. The minimum atomic E-state index is -0.509. The zero-order valence-corrected chi connectivity index (χ0v) is 26.6. The van der Waals surface area contributed by atoms with Crippen molar-refractivity contribution in [2.45, 2.75) is 96.1 Å². The Morgan fingerprint density at radius 3 is 1.80 bits per heavy atom. The van der Waals surface area contributed by atoms with Gasteiger partial charge in [-0.1, -0.05) is 32.3 Å². The third-order valence-corrected chi connectivity index (χ3v) is 7.89. The number of carbonyl (C=O) groups excluding carboxylic acids is 2. The van der Waals surface area contributed by atoms with Crippen LogP contribution in [0.5, 0.6) is 11.5 Å². The lowest BCUT2D eigenvalue weighted by Crippen LogP contribution is -2.22. The molecule has 0 saturated heterocycles. The number of hydrogen-bond acceptors (Lipinski definition) is 10. The van der Waals surface area contributed by atoms with Crippen LogP contribution < -0.4 is 31.6 Å². The number of methoxy groups -OCH3 is 2. The van der Waals surface area contributed by atoms with Gasteiger partial charge in [0.15, 0.2) is 11.5 Å². The first-order chi connectivity index (χ1) is 21.8. The minimum Gasteiger partial charge on any atom is -0.493 e. The molecule has 0 aliphatic heterocycles. The van der Waals surface area contributed by atoms with Crippen LogP contribution in [0.3, 0.4) is 0 Å². The molecule has 0 atom stereocenters. The summed E-state index contributed by atoms with van der Waals surface area (Å²) in [6.45, 7) is 2.13. The Morgan fingerprint density at radius 2 is 1.31 bits per heavy atom. The van der Waals surface area contributed by atoms with Gasteiger partial charge in [0.1, 0.15) is 23.3 Å². The molecule has 2 saturated carbocycles. The lowest BCUT2D eigenvalue weighted by molar-refractivity contribution is 0.0991. The van der Waals surface area contributed by atoms with Gasteiger partial charge in [-0.15, -0.1) is 0 Å². The van der Waals surface area contributed by atoms with Gasteiger partial charge in [-0.2, -0.15) is 0 Å². The topological polar surface area (TPSA) is 180 Å². The molecular weight excluding hydrogens is 572 g/mol. The summed E-state index contributed by atoms with van der Waals surface area (Å²) in [5.41, 5.74) is 12.7. The Morgan fingerprint density at radius 1 is 0.778 bits per heavy atom. The third-order valence-electron chi connectivity index (χ3n) is 7.89. The van der Waals surface area contributed by atoms with Gasteiger partial charge < -0.3 is 31.6 Å². The summed E-state index contributed by atoms with van der Waals surface area (Å²) in [4.78, 5) is 40.4. The number of rotatable bonds is 15. The highest BCUT2D eigenvalue weighted by Crippen LogP contribution is 2.29. The van der Waals surface area contributed by atoms with E-state index in [1.165, 1.54) is 19.0 Å². The molecule has 1 aromatic carbocycles. The van der Waals surface area contributed by atoms with E-state index in [4.69, 9.17) is 20.9 Å². The van der Waals surface area contributed by atoms with E-state index >= 15 is 0 Å². The fourth-order valence-corrected chi connectivity index (χ4v) is 5.16. The average molecular weight is 619 g/mol. The monoisotopic (exact) mass is 618 g/mol. The molecule has 242 valence electrons. The Hall–Kier alpha value is -4.48. The number of nitrogens with zero attached hydrogens (tertiary/aromatic N) is 4. The van der Waals surface area contributed by atoms with Crippen molar-refractivity contribution < 1.29 is 19.1 Å². The number of ether oxygens (including phenoxy) is 2. The maximum Gasteiger partial charge on any atom is 0.254 e. The standard InChI is InChI=1S/C19H24N4O3.C14H22N4O/c1-25-15-9-6-12(10-16(15)26-2)4-3-5-17-21-11-14(18(20)24)19(23-17)22-13-7-8-13;1-2-3-8-12-16-9-11(13(15)19)14(18-12)17-10-6-4-5-7-10/h6,9-11,13H,3-5,7-8H2,1-2H3,(H2,20,24)(H,21,22,23);9-10H,2-8H2,1H3,(H2,15,19)(H,16,17,18). The van der Waals surface area contributed by atoms with Gasteiger partial charge >= 0.3 is 0 Å². The van der Waals surface area contributed by atoms with Crippen molar-refractivity contribution in [3.63, 3.8) is 0 Å². The summed E-state index contributed by atoms with van der Waals surface area (Å²) >= 11 is 0. The number of carbonyl (C=O) groups is 2. The SMILES string of the molecule is CCCCc1ncc(C(N)=O)c(NC2CCCC2)n1.COc1ccc(CCCc2ncc(C(N)=O)c(NC3CC3)n2)cc1OC. The summed E-state index contributed by atoms with van der Waals surface area (Å²) in [7, 11) is 3.25. The molecule has 2 fully saturated rings. The van der Waals surface area contributed by atoms with Crippen molar-refractivity contribution in [1.29, 1.82) is 0 Å². The number of hydrogen-bond donors (Lipinski definition) is 4. The van der Waals surface area contributed by atoms with Gasteiger partial charge in [0, 0.05) is 37.3 Å². The smallest absolute Gasteiger partial charge is 0.254 e. The molecule has 12 nitrogen and oxygen atoms in total. The second-order valence-corrected chi connectivity index (χ2v) is 11.5. The summed E-state index contributed by atoms with van der Waals surface area (Å²) in [5, 5.41) is 6.62. The van der Waals surface area contributed by atoms with E-state index in [-0.39, 0.29) is 0 Å². The Balaban J connectivity index is 0.000000215. The van der Waals surface area contributed by atoms with Crippen LogP contribution in [0.2, 0.25) is 0 Å². The lowest BCUT2D eigenvalue weighted by atomic mass is 10.1. The first kappa shape index (κ1) is 33.4. The Labute approximate surface area is 265 Å². The largest absolute Gasteiger partial charge is 0.493 e. The average Bonchev–Trinajstić information content (AvgIpc) is 3.71. The molecule has 6 N–H and O–H groups in total. The first-order valence-corrected chi connectivity index (χ1v) is 15.9. The lowest BCUT2D eigenvalue weighted by Gasteiger charge is -2.15. The number of primary amides is 2. The van der Waals surface area contributed by atoms with E-state index < -0.39 is 11.8 Å². The van der Waals surface area contributed by atoms with Crippen molar-refractivity contribution in [3.8, 4) is 11.5 Å². The molecule has 45 heavy (non-hydrogen) atoms. The highest BCUT2D eigenvalue weighted by Gasteiger charge is 2.24. The summed E-state index contributed by atoms with van der Waals surface area (Å²) in [6.07, 6.45) is 15.5. The van der Waals surface area contributed by atoms with Crippen molar-refractivity contribution in [2.75, 3.05) is 24.9 Å². The Kier molecular flexibility index (Phi) is 12.3. The molecule has 3 aromatic rings. The van der Waals surface area contributed by atoms with E-state index in [1.54, 1.807) is 20.4 Å². The molecule has 0 spiro atoms. The van der Waals surface area contributed by atoms with Crippen LogP contribution in [0.1, 0.15) is 103 Å². The Bertz CT molecular complexity index is 1440. The minimum absolute atomic E-state index is 0.348. The quantitative estimate of drug-likeness (QED) is 0.188. The van der Waals surface area contributed by atoms with Crippen LogP contribution in [-0.2, 0) is 19.3 Å². The zero-order valence-electron chi connectivity index (χ0n) is 26.6. The van der Waals surface area contributed by atoms with E-state index in [9.17, 15) is 9.59 Å². The van der Waals surface area contributed by atoms with Crippen molar-refractivity contribution >= 4 is 23.5 Å². The van der Waals surface area contributed by atoms with Crippen LogP contribution in [0, 0.1) is 0 Å². The summed E-state index contributed by atoms with van der Waals surface area (Å²) < 4.78 is 10.6. The number of aromatic nitrogens is 4. The van der Waals surface area contributed by atoms with Gasteiger partial charge in [-0.25, -0.2) is 19.9 Å². The maximum absolute atomic E-state index is 11.5. The molecule has 0 unspecified atom stereocenters. The highest BCUT2D eigenvalue weighted by atomic mass is 16.5. The predicted molar refractivity (Wildman–Crippen MR) is 174 cm³/mol. The molecule has 2 aliphatic carbocycles. The molecule has 2 aromatic heterocycles. The molecule has 0 bridgehead atoms. The van der Waals surface area contributed by atoms with Gasteiger partial charge in [0.05, 0.1) is 25.3 Å². The van der Waals surface area contributed by atoms with Crippen LogP contribution >= 0.6 is 0 Å². The predicted octanol–water partition coefficient (Wildman–Crippen LogP) is 4.61. The summed E-state index contributed by atoms with van der Waals surface area (Å²) in [6, 6.07) is 6.72. The van der Waals surface area contributed by atoms with Crippen LogP contribution in [-0.4, -0.2) is 58.1 Å². The van der Waals surface area contributed by atoms with Gasteiger partial charge in [-0.05, 0) is 62.6 Å². The molecule has 0 radical (unpaired) electrons. The van der Waals surface area contributed by atoms with Crippen molar-refractivity contribution in [3.05, 3.63) is 58.9 Å². The molecule has 5 rings (SSSR count). The zero-order chi connectivity index (χ0) is 32.2. The van der Waals surface area contributed by atoms with E-state index in [1.807, 2.05) is 18.2 Å². The van der Waals surface area contributed by atoms with Gasteiger partial charge in [0.25, 0.3) is 11.8 Å². The second kappa shape index (κ2) is 16.6. The molecule has 2 amide bonds. The first-order valence-electron chi connectivity index (χ1n) is 15.9. The van der Waals surface area contributed by atoms with Gasteiger partial charge in [-0.3, -0.25) is 9.59 Å². The van der Waals surface area contributed by atoms with Crippen molar-refractivity contribution in [2.24, 2.45) is 11.5 Å². The number of nitrogens with two attached hydrogens (primary N) is 2. The van der Waals surface area contributed by atoms with Crippen molar-refractivity contribution in [1.82, 2.24) is 19.9 Å². The van der Waals surface area contributed by atoms with E-state index in [2.05, 4.69) is 37.5 Å². The number of unbranched alkanes of at least 4 members (excludes halogenated alkanes) is 1. The fraction of sp³-hybridized carbons (Fsp3) is 0.515. The second-order valence-electron chi connectivity index (χ2n) is 11.5. The van der Waals surface area contributed by atoms with Crippen LogP contribution in [0.15, 0.2) is 30.6 Å². The molecule has 2 aliphatic rings. The highest BCUT2D eigenvalue weighted by molar-refractivity contribution is 5.97. The molecule has 2 heterocycles. The number of anilines is 2. The fourth-order valence-electron chi connectivity index (χ4n) is 5.16.